The van der Waals surface area contributed by atoms with Crippen molar-refractivity contribution in [1.29, 1.82) is 0 Å². The highest BCUT2D eigenvalue weighted by molar-refractivity contribution is 7.89. The predicted octanol–water partition coefficient (Wildman–Crippen LogP) is 2.52. The Kier molecular flexibility index (Phi) is 7.89. The normalized spacial score (nSPS) is 12.2. The Bertz CT molecular complexity index is 1060. The number of anilines is 2. The van der Waals surface area contributed by atoms with Gasteiger partial charge in [-0.2, -0.15) is 0 Å². The van der Waals surface area contributed by atoms with Gasteiger partial charge in [-0.3, -0.25) is 9.59 Å². The van der Waals surface area contributed by atoms with E-state index in [4.69, 9.17) is 4.74 Å². The molecular formula is C21H25N3O6S. The summed E-state index contributed by atoms with van der Waals surface area (Å²) >= 11 is 0. The third-order valence-electron chi connectivity index (χ3n) is 3.89. The summed E-state index contributed by atoms with van der Waals surface area (Å²) in [6, 6.07) is 11.5. The van der Waals surface area contributed by atoms with E-state index in [0.717, 1.165) is 0 Å². The molecule has 2 aromatic rings. The zero-order valence-electron chi connectivity index (χ0n) is 17.6. The van der Waals surface area contributed by atoms with E-state index in [1.165, 1.54) is 50.2 Å². The third kappa shape index (κ3) is 7.19. The van der Waals surface area contributed by atoms with Gasteiger partial charge in [-0.25, -0.2) is 17.9 Å². The lowest BCUT2D eigenvalue weighted by atomic mass is 10.2. The molecule has 2 aromatic carbocycles. The van der Waals surface area contributed by atoms with Crippen LogP contribution in [0.2, 0.25) is 0 Å². The van der Waals surface area contributed by atoms with E-state index in [-0.39, 0.29) is 22.4 Å². The van der Waals surface area contributed by atoms with E-state index in [1.807, 2.05) is 0 Å². The summed E-state index contributed by atoms with van der Waals surface area (Å²) in [4.78, 5) is 35.9. The molecule has 0 fully saturated rings. The van der Waals surface area contributed by atoms with Crippen LogP contribution in [0.25, 0.3) is 0 Å². The maximum Gasteiger partial charge on any atom is 0.338 e. The molecule has 0 aliphatic carbocycles. The fraction of sp³-hybridized carbons (Fsp3) is 0.286. The summed E-state index contributed by atoms with van der Waals surface area (Å²) in [7, 11) is -3.64. The number of carbonyl (C=O) groups is 3. The van der Waals surface area contributed by atoms with Crippen LogP contribution in [0.3, 0.4) is 0 Å². The molecule has 166 valence electrons. The summed E-state index contributed by atoms with van der Waals surface area (Å²) in [5, 5.41) is 5.13. The molecule has 0 bridgehead atoms. The van der Waals surface area contributed by atoms with Gasteiger partial charge in [0.25, 0.3) is 5.91 Å². The Morgan fingerprint density at radius 1 is 0.903 bits per heavy atom. The summed E-state index contributed by atoms with van der Waals surface area (Å²) < 4.78 is 31.9. The molecule has 0 heterocycles. The maximum absolute atomic E-state index is 12.3. The van der Waals surface area contributed by atoms with Crippen molar-refractivity contribution in [3.8, 4) is 0 Å². The molecular weight excluding hydrogens is 422 g/mol. The van der Waals surface area contributed by atoms with Crippen LogP contribution in [0.4, 0.5) is 11.4 Å². The number of benzene rings is 2. The van der Waals surface area contributed by atoms with E-state index >= 15 is 0 Å². The Morgan fingerprint density at radius 2 is 1.55 bits per heavy atom. The molecule has 9 nitrogen and oxygen atoms in total. The van der Waals surface area contributed by atoms with Crippen molar-refractivity contribution in [2.24, 2.45) is 0 Å². The standard InChI is InChI=1S/C21H25N3O6S/c1-13(2)24-31(28,29)19-10-8-17(9-11-19)23-20(26)14(3)30-21(27)16-6-5-7-18(12-16)22-15(4)25/h5-14,24H,1-4H3,(H,22,25)(H,23,26). The van der Waals surface area contributed by atoms with Crippen molar-refractivity contribution >= 4 is 39.2 Å². The number of ether oxygens (including phenoxy) is 1. The highest BCUT2D eigenvalue weighted by atomic mass is 32.2. The average Bonchev–Trinajstić information content (AvgIpc) is 2.67. The van der Waals surface area contributed by atoms with Gasteiger partial charge in [0.1, 0.15) is 0 Å². The van der Waals surface area contributed by atoms with E-state index in [9.17, 15) is 22.8 Å². The van der Waals surface area contributed by atoms with Gasteiger partial charge in [-0.15, -0.1) is 0 Å². The molecule has 0 aliphatic heterocycles. The Balaban J connectivity index is 1.99. The molecule has 0 radical (unpaired) electrons. The maximum atomic E-state index is 12.3. The van der Waals surface area contributed by atoms with Crippen LogP contribution in [-0.4, -0.2) is 38.3 Å². The van der Waals surface area contributed by atoms with Gasteiger partial charge in [0.15, 0.2) is 6.10 Å². The van der Waals surface area contributed by atoms with Crippen LogP contribution in [0.15, 0.2) is 53.4 Å². The molecule has 2 rings (SSSR count). The van der Waals surface area contributed by atoms with E-state index < -0.39 is 28.0 Å². The minimum absolute atomic E-state index is 0.0673. The second-order valence-electron chi connectivity index (χ2n) is 7.10. The zero-order valence-corrected chi connectivity index (χ0v) is 18.4. The van der Waals surface area contributed by atoms with Gasteiger partial charge in [0.05, 0.1) is 10.5 Å². The molecule has 3 N–H and O–H groups in total. The van der Waals surface area contributed by atoms with E-state index in [2.05, 4.69) is 15.4 Å². The third-order valence-corrected chi connectivity index (χ3v) is 5.57. The molecule has 10 heteroatoms. The molecule has 0 aromatic heterocycles. The first-order valence-electron chi connectivity index (χ1n) is 9.50. The summed E-state index contributed by atoms with van der Waals surface area (Å²) in [5.41, 5.74) is 0.961. The topological polar surface area (TPSA) is 131 Å². The Labute approximate surface area is 181 Å². The molecule has 31 heavy (non-hydrogen) atoms. The number of amides is 2. The fourth-order valence-corrected chi connectivity index (χ4v) is 3.80. The monoisotopic (exact) mass is 447 g/mol. The molecule has 0 saturated carbocycles. The average molecular weight is 448 g/mol. The minimum Gasteiger partial charge on any atom is -0.449 e. The highest BCUT2D eigenvalue weighted by Gasteiger charge is 2.20. The van der Waals surface area contributed by atoms with Crippen LogP contribution < -0.4 is 15.4 Å². The zero-order chi connectivity index (χ0) is 23.2. The molecule has 0 spiro atoms. The number of esters is 1. The smallest absolute Gasteiger partial charge is 0.338 e. The van der Waals surface area contributed by atoms with E-state index in [1.54, 1.807) is 26.0 Å². The van der Waals surface area contributed by atoms with Gasteiger partial charge in [0.2, 0.25) is 15.9 Å². The number of hydrogen-bond donors (Lipinski definition) is 3. The number of carbonyl (C=O) groups excluding carboxylic acids is 3. The van der Waals surface area contributed by atoms with E-state index in [0.29, 0.717) is 11.4 Å². The SMILES string of the molecule is CC(=O)Nc1cccc(C(=O)OC(C)C(=O)Nc2ccc(S(=O)(=O)NC(C)C)cc2)c1. The van der Waals surface area contributed by atoms with Gasteiger partial charge in [0, 0.05) is 24.3 Å². The second-order valence-corrected chi connectivity index (χ2v) is 8.81. The van der Waals surface area contributed by atoms with Gasteiger partial charge < -0.3 is 15.4 Å². The summed E-state index contributed by atoms with van der Waals surface area (Å²) in [6.07, 6.45) is -1.11. The van der Waals surface area contributed by atoms with Gasteiger partial charge >= 0.3 is 5.97 Å². The molecule has 2 amide bonds. The van der Waals surface area contributed by atoms with Crippen molar-refractivity contribution in [3.05, 3.63) is 54.1 Å². The molecule has 1 unspecified atom stereocenters. The lowest BCUT2D eigenvalue weighted by Crippen LogP contribution is -2.30. The fourth-order valence-electron chi connectivity index (χ4n) is 2.55. The largest absolute Gasteiger partial charge is 0.449 e. The van der Waals surface area contributed by atoms with Crippen LogP contribution in [-0.2, 0) is 24.3 Å². The minimum atomic E-state index is -3.64. The van der Waals surface area contributed by atoms with Crippen LogP contribution in [0.1, 0.15) is 38.1 Å². The van der Waals surface area contributed by atoms with Crippen LogP contribution >= 0.6 is 0 Å². The Morgan fingerprint density at radius 3 is 2.13 bits per heavy atom. The summed E-state index contributed by atoms with van der Waals surface area (Å²) in [5.74, 6) is -1.59. The van der Waals surface area contributed by atoms with Crippen molar-refractivity contribution in [1.82, 2.24) is 4.72 Å². The van der Waals surface area contributed by atoms with Crippen molar-refractivity contribution in [3.63, 3.8) is 0 Å². The first kappa shape index (κ1) is 24.0. The van der Waals surface area contributed by atoms with Crippen molar-refractivity contribution in [2.75, 3.05) is 10.6 Å². The highest BCUT2D eigenvalue weighted by Crippen LogP contribution is 2.16. The van der Waals surface area contributed by atoms with Gasteiger partial charge in [-0.1, -0.05) is 6.07 Å². The molecule has 1 atom stereocenters. The molecule has 0 aliphatic rings. The van der Waals surface area contributed by atoms with Crippen molar-refractivity contribution in [2.45, 2.75) is 44.7 Å². The van der Waals surface area contributed by atoms with Crippen molar-refractivity contribution < 1.29 is 27.5 Å². The number of nitrogens with one attached hydrogen (secondary N) is 3. The molecule has 0 saturated heterocycles. The van der Waals surface area contributed by atoms with Crippen LogP contribution in [0.5, 0.6) is 0 Å². The lowest BCUT2D eigenvalue weighted by molar-refractivity contribution is -0.123. The summed E-state index contributed by atoms with van der Waals surface area (Å²) in [6.45, 7) is 6.19. The first-order valence-corrected chi connectivity index (χ1v) is 11.0. The predicted molar refractivity (Wildman–Crippen MR) is 116 cm³/mol. The number of sulfonamides is 1. The number of rotatable bonds is 8. The number of hydrogen-bond acceptors (Lipinski definition) is 6. The Hall–Kier alpha value is -3.24. The first-order chi connectivity index (χ1) is 14.5. The van der Waals surface area contributed by atoms with Crippen LogP contribution in [0, 0.1) is 0 Å². The second kappa shape index (κ2) is 10.2. The quantitative estimate of drug-likeness (QED) is 0.533. The lowest BCUT2D eigenvalue weighted by Gasteiger charge is -2.14. The van der Waals surface area contributed by atoms with Gasteiger partial charge in [-0.05, 0) is 63.2 Å².